The number of hydrogen-bond acceptors (Lipinski definition) is 2. The Morgan fingerprint density at radius 3 is 2.81 bits per heavy atom. The molecule has 0 aliphatic rings. The summed E-state index contributed by atoms with van der Waals surface area (Å²) in [7, 11) is 1.66. The van der Waals surface area contributed by atoms with Crippen molar-refractivity contribution in [1.29, 1.82) is 0 Å². The van der Waals surface area contributed by atoms with Crippen LogP contribution >= 0.6 is 31.9 Å². The van der Waals surface area contributed by atoms with Crippen molar-refractivity contribution >= 4 is 48.5 Å². The molecule has 21 heavy (non-hydrogen) atoms. The van der Waals surface area contributed by atoms with Gasteiger partial charge in [-0.1, -0.05) is 18.2 Å². The minimum absolute atomic E-state index is 0.737. The Kier molecular flexibility index (Phi) is 4.22. The lowest BCUT2D eigenvalue weighted by molar-refractivity contribution is 0.412. The van der Waals surface area contributed by atoms with E-state index in [0.717, 1.165) is 26.9 Å². The molecule has 0 aliphatic carbocycles. The van der Waals surface area contributed by atoms with E-state index in [9.17, 15) is 0 Å². The molecule has 0 saturated carbocycles. The van der Waals surface area contributed by atoms with Crippen LogP contribution in [0.15, 0.2) is 51.5 Å². The summed E-state index contributed by atoms with van der Waals surface area (Å²) in [6.45, 7) is 0.737. The smallest absolute Gasteiger partial charge is 0.135 e. The number of ether oxygens (including phenoxy) is 1. The molecule has 0 aliphatic heterocycles. The molecule has 0 atom stereocenters. The minimum atomic E-state index is 0.737. The van der Waals surface area contributed by atoms with Crippen molar-refractivity contribution in [3.8, 4) is 5.75 Å². The summed E-state index contributed by atoms with van der Waals surface area (Å²) in [4.78, 5) is 3.29. The van der Waals surface area contributed by atoms with Crippen LogP contribution in [-0.4, -0.2) is 12.1 Å². The first-order valence-corrected chi connectivity index (χ1v) is 8.09. The highest BCUT2D eigenvalue weighted by Crippen LogP contribution is 2.34. The third-order valence-electron chi connectivity index (χ3n) is 3.38. The molecule has 0 fully saturated rings. The van der Waals surface area contributed by atoms with Crippen LogP contribution in [0.5, 0.6) is 5.75 Å². The van der Waals surface area contributed by atoms with Crippen LogP contribution in [0.1, 0.15) is 5.56 Å². The molecule has 0 amide bonds. The Labute approximate surface area is 140 Å². The Hall–Kier alpha value is -1.46. The lowest BCUT2D eigenvalue weighted by Gasteiger charge is -2.12. The summed E-state index contributed by atoms with van der Waals surface area (Å²) in [5.41, 5.74) is 3.40. The first kappa shape index (κ1) is 14.5. The second-order valence-electron chi connectivity index (χ2n) is 4.68. The van der Waals surface area contributed by atoms with Gasteiger partial charge in [0.15, 0.2) is 0 Å². The number of benzene rings is 2. The Morgan fingerprint density at radius 1 is 1.14 bits per heavy atom. The van der Waals surface area contributed by atoms with Gasteiger partial charge >= 0.3 is 0 Å². The summed E-state index contributed by atoms with van der Waals surface area (Å²) in [6.07, 6.45) is 1.97. The lowest BCUT2D eigenvalue weighted by Crippen LogP contribution is -2.01. The van der Waals surface area contributed by atoms with Crippen molar-refractivity contribution in [3.05, 3.63) is 57.1 Å². The fourth-order valence-electron chi connectivity index (χ4n) is 2.31. The molecule has 1 heterocycles. The van der Waals surface area contributed by atoms with Crippen molar-refractivity contribution < 1.29 is 4.74 Å². The summed E-state index contributed by atoms with van der Waals surface area (Å²) in [5.74, 6) is 0.804. The summed E-state index contributed by atoms with van der Waals surface area (Å²) < 4.78 is 7.26. The van der Waals surface area contributed by atoms with E-state index in [0.29, 0.717) is 0 Å². The van der Waals surface area contributed by atoms with Gasteiger partial charge in [0.2, 0.25) is 0 Å². The molecule has 0 unspecified atom stereocenters. The molecule has 3 nitrogen and oxygen atoms in total. The molecular weight excluding hydrogens is 396 g/mol. The second-order valence-corrected chi connectivity index (χ2v) is 6.39. The van der Waals surface area contributed by atoms with Crippen LogP contribution in [0.3, 0.4) is 0 Å². The number of aromatic nitrogens is 1. The molecular formula is C16H14Br2N2O. The molecule has 0 bridgehead atoms. The average Bonchev–Trinajstić information content (AvgIpc) is 2.95. The van der Waals surface area contributed by atoms with Gasteiger partial charge in [-0.2, -0.15) is 0 Å². The van der Waals surface area contributed by atoms with E-state index in [1.54, 1.807) is 7.11 Å². The van der Waals surface area contributed by atoms with Crippen LogP contribution in [0.25, 0.3) is 10.9 Å². The van der Waals surface area contributed by atoms with Crippen molar-refractivity contribution in [2.75, 3.05) is 12.4 Å². The highest BCUT2D eigenvalue weighted by Gasteiger charge is 2.08. The monoisotopic (exact) mass is 408 g/mol. The van der Waals surface area contributed by atoms with Gasteiger partial charge in [0.05, 0.1) is 22.8 Å². The number of halogens is 2. The SMILES string of the molecule is COc1cc(NCc2cccc3cc[nH]c23)c(Br)cc1Br. The van der Waals surface area contributed by atoms with Crippen LogP contribution < -0.4 is 10.1 Å². The van der Waals surface area contributed by atoms with E-state index in [2.05, 4.69) is 66.4 Å². The fourth-order valence-corrected chi connectivity index (χ4v) is 3.60. The average molecular weight is 410 g/mol. The van der Waals surface area contributed by atoms with E-state index >= 15 is 0 Å². The number of hydrogen-bond donors (Lipinski definition) is 2. The quantitative estimate of drug-likeness (QED) is 0.612. The van der Waals surface area contributed by atoms with Gasteiger partial charge in [-0.25, -0.2) is 0 Å². The Morgan fingerprint density at radius 2 is 2.00 bits per heavy atom. The predicted molar refractivity (Wildman–Crippen MR) is 94.0 cm³/mol. The van der Waals surface area contributed by atoms with Crippen LogP contribution in [-0.2, 0) is 6.54 Å². The van der Waals surface area contributed by atoms with Crippen molar-refractivity contribution in [1.82, 2.24) is 4.98 Å². The molecule has 2 aromatic carbocycles. The van der Waals surface area contributed by atoms with E-state index in [1.807, 2.05) is 18.3 Å². The van der Waals surface area contributed by atoms with Crippen molar-refractivity contribution in [2.45, 2.75) is 6.54 Å². The molecule has 108 valence electrons. The van der Waals surface area contributed by atoms with Crippen LogP contribution in [0, 0.1) is 0 Å². The summed E-state index contributed by atoms with van der Waals surface area (Å²) >= 11 is 7.05. The van der Waals surface area contributed by atoms with Gasteiger partial charge in [-0.05, 0) is 54.9 Å². The normalized spacial score (nSPS) is 10.8. The van der Waals surface area contributed by atoms with E-state index < -0.39 is 0 Å². The van der Waals surface area contributed by atoms with Crippen molar-refractivity contribution in [2.24, 2.45) is 0 Å². The topological polar surface area (TPSA) is 37.0 Å². The number of nitrogens with one attached hydrogen (secondary N) is 2. The molecule has 2 N–H and O–H groups in total. The first-order valence-electron chi connectivity index (χ1n) is 6.51. The molecule has 3 aromatic rings. The van der Waals surface area contributed by atoms with Crippen molar-refractivity contribution in [3.63, 3.8) is 0 Å². The predicted octanol–water partition coefficient (Wildman–Crippen LogP) is 5.31. The fraction of sp³-hybridized carbons (Fsp3) is 0.125. The molecule has 0 radical (unpaired) electrons. The van der Waals surface area contributed by atoms with Gasteiger partial charge < -0.3 is 15.0 Å². The largest absolute Gasteiger partial charge is 0.495 e. The molecule has 0 spiro atoms. The zero-order valence-electron chi connectivity index (χ0n) is 11.4. The van der Waals surface area contributed by atoms with E-state index in [1.165, 1.54) is 16.5 Å². The minimum Gasteiger partial charge on any atom is -0.495 e. The number of rotatable bonds is 4. The highest BCUT2D eigenvalue weighted by atomic mass is 79.9. The number of fused-ring (bicyclic) bond motifs is 1. The van der Waals surface area contributed by atoms with Gasteiger partial charge in [0.1, 0.15) is 5.75 Å². The number of anilines is 1. The van der Waals surface area contributed by atoms with Crippen LogP contribution in [0.4, 0.5) is 5.69 Å². The Balaban J connectivity index is 1.86. The first-order chi connectivity index (χ1) is 10.2. The third kappa shape index (κ3) is 2.94. The van der Waals surface area contributed by atoms with Gasteiger partial charge in [-0.3, -0.25) is 0 Å². The molecule has 3 rings (SSSR count). The maximum atomic E-state index is 5.34. The maximum Gasteiger partial charge on any atom is 0.135 e. The van der Waals surface area contributed by atoms with E-state index in [-0.39, 0.29) is 0 Å². The van der Waals surface area contributed by atoms with Crippen LogP contribution in [0.2, 0.25) is 0 Å². The molecule has 1 aromatic heterocycles. The Bertz CT molecular complexity index is 783. The van der Waals surface area contributed by atoms with Gasteiger partial charge in [0.25, 0.3) is 0 Å². The van der Waals surface area contributed by atoms with Gasteiger partial charge in [0, 0.05) is 23.3 Å². The molecule has 0 saturated heterocycles. The zero-order chi connectivity index (χ0) is 14.8. The zero-order valence-corrected chi connectivity index (χ0v) is 14.6. The number of aromatic amines is 1. The highest BCUT2D eigenvalue weighted by molar-refractivity contribution is 9.11. The standard InChI is InChI=1S/C16H14Br2N2O/c1-21-15-8-14(12(17)7-13(15)18)20-9-11-4-2-3-10-5-6-19-16(10)11/h2-8,19-20H,9H2,1H3. The lowest BCUT2D eigenvalue weighted by atomic mass is 10.1. The number of para-hydroxylation sites is 1. The third-order valence-corrected chi connectivity index (χ3v) is 4.66. The van der Waals surface area contributed by atoms with E-state index in [4.69, 9.17) is 4.74 Å². The number of H-pyrrole nitrogens is 1. The number of methoxy groups -OCH3 is 1. The summed E-state index contributed by atoms with van der Waals surface area (Å²) in [5, 5.41) is 4.67. The molecule has 5 heteroatoms. The summed E-state index contributed by atoms with van der Waals surface area (Å²) in [6, 6.07) is 12.3. The van der Waals surface area contributed by atoms with Gasteiger partial charge in [-0.15, -0.1) is 0 Å². The second kappa shape index (κ2) is 6.12. The maximum absolute atomic E-state index is 5.34.